The third kappa shape index (κ3) is 4.99. The highest BCUT2D eigenvalue weighted by Gasteiger charge is 2.18. The SMILES string of the molecule is CC(=O)N[C@@H](CC(=O)Nc1cccc(Br)c1)c1cccs1. The molecule has 0 spiro atoms. The molecule has 2 amide bonds. The molecule has 1 aromatic heterocycles. The van der Waals surface area contributed by atoms with Crippen LogP contribution in [0.3, 0.4) is 0 Å². The van der Waals surface area contributed by atoms with Crippen LogP contribution in [0, 0.1) is 0 Å². The van der Waals surface area contributed by atoms with Gasteiger partial charge in [-0.05, 0) is 29.6 Å². The normalized spacial score (nSPS) is 11.7. The Bertz CT molecular complexity index is 628. The molecule has 0 bridgehead atoms. The Morgan fingerprint density at radius 2 is 2.10 bits per heavy atom. The van der Waals surface area contributed by atoms with Crippen molar-refractivity contribution < 1.29 is 9.59 Å². The Hall–Kier alpha value is -1.66. The second-order valence-electron chi connectivity index (χ2n) is 4.53. The largest absolute Gasteiger partial charge is 0.348 e. The quantitative estimate of drug-likeness (QED) is 0.846. The molecule has 0 saturated heterocycles. The molecule has 0 fully saturated rings. The number of hydrogen-bond donors (Lipinski definition) is 2. The Kier molecular flexibility index (Phi) is 5.52. The maximum absolute atomic E-state index is 12.1. The van der Waals surface area contributed by atoms with Crippen molar-refractivity contribution in [3.63, 3.8) is 0 Å². The van der Waals surface area contributed by atoms with Crippen LogP contribution in [0.2, 0.25) is 0 Å². The smallest absolute Gasteiger partial charge is 0.226 e. The summed E-state index contributed by atoms with van der Waals surface area (Å²) in [6.07, 6.45) is 0.201. The Morgan fingerprint density at radius 3 is 2.71 bits per heavy atom. The summed E-state index contributed by atoms with van der Waals surface area (Å²) in [6, 6.07) is 10.9. The van der Waals surface area contributed by atoms with Crippen LogP contribution >= 0.6 is 27.3 Å². The molecular formula is C15H15BrN2O2S. The summed E-state index contributed by atoms with van der Waals surface area (Å²) in [5, 5.41) is 7.57. The fraction of sp³-hybridized carbons (Fsp3) is 0.200. The highest BCUT2D eigenvalue weighted by Crippen LogP contribution is 2.23. The van der Waals surface area contributed by atoms with Gasteiger partial charge in [-0.2, -0.15) is 0 Å². The number of amides is 2. The van der Waals surface area contributed by atoms with Crippen molar-refractivity contribution in [2.24, 2.45) is 0 Å². The maximum atomic E-state index is 12.1. The first kappa shape index (κ1) is 15.7. The molecule has 21 heavy (non-hydrogen) atoms. The number of carbonyl (C=O) groups excluding carboxylic acids is 2. The highest BCUT2D eigenvalue weighted by atomic mass is 79.9. The number of benzene rings is 1. The monoisotopic (exact) mass is 366 g/mol. The number of hydrogen-bond acceptors (Lipinski definition) is 3. The van der Waals surface area contributed by atoms with Gasteiger partial charge in [-0.1, -0.05) is 28.1 Å². The summed E-state index contributed by atoms with van der Waals surface area (Å²) in [6.45, 7) is 1.45. The molecule has 0 aliphatic rings. The average molecular weight is 367 g/mol. The zero-order valence-corrected chi connectivity index (χ0v) is 13.8. The van der Waals surface area contributed by atoms with Gasteiger partial charge in [0.1, 0.15) is 0 Å². The number of rotatable bonds is 5. The lowest BCUT2D eigenvalue weighted by molar-refractivity contribution is -0.120. The fourth-order valence-electron chi connectivity index (χ4n) is 1.92. The molecule has 6 heteroatoms. The molecule has 2 rings (SSSR count). The lowest BCUT2D eigenvalue weighted by Gasteiger charge is -2.16. The van der Waals surface area contributed by atoms with Gasteiger partial charge in [-0.15, -0.1) is 11.3 Å². The van der Waals surface area contributed by atoms with E-state index in [2.05, 4.69) is 26.6 Å². The Balaban J connectivity index is 2.02. The second kappa shape index (κ2) is 7.38. The molecule has 0 radical (unpaired) electrons. The van der Waals surface area contributed by atoms with Crippen molar-refractivity contribution >= 4 is 44.8 Å². The molecule has 4 nitrogen and oxygen atoms in total. The van der Waals surface area contributed by atoms with E-state index in [4.69, 9.17) is 0 Å². The van der Waals surface area contributed by atoms with E-state index < -0.39 is 0 Å². The lowest BCUT2D eigenvalue weighted by atomic mass is 10.1. The number of halogens is 1. The van der Waals surface area contributed by atoms with Gasteiger partial charge < -0.3 is 10.6 Å². The summed E-state index contributed by atoms with van der Waals surface area (Å²) >= 11 is 4.88. The topological polar surface area (TPSA) is 58.2 Å². The minimum atomic E-state index is -0.297. The van der Waals surface area contributed by atoms with E-state index in [1.165, 1.54) is 18.3 Å². The first-order chi connectivity index (χ1) is 10.0. The lowest BCUT2D eigenvalue weighted by Crippen LogP contribution is -2.29. The third-order valence-corrected chi connectivity index (χ3v) is 4.24. The molecule has 0 aliphatic carbocycles. The van der Waals surface area contributed by atoms with E-state index in [9.17, 15) is 9.59 Å². The van der Waals surface area contributed by atoms with E-state index in [-0.39, 0.29) is 24.3 Å². The van der Waals surface area contributed by atoms with Crippen molar-refractivity contribution in [3.8, 4) is 0 Å². The molecule has 2 aromatic rings. The van der Waals surface area contributed by atoms with Crippen LogP contribution in [-0.4, -0.2) is 11.8 Å². The number of carbonyl (C=O) groups is 2. The van der Waals surface area contributed by atoms with E-state index in [0.717, 1.165) is 15.0 Å². The van der Waals surface area contributed by atoms with Crippen molar-refractivity contribution in [1.29, 1.82) is 0 Å². The molecule has 0 aliphatic heterocycles. The van der Waals surface area contributed by atoms with E-state index in [0.29, 0.717) is 0 Å². The van der Waals surface area contributed by atoms with Crippen LogP contribution in [0.4, 0.5) is 5.69 Å². The van der Waals surface area contributed by atoms with E-state index >= 15 is 0 Å². The Labute approximate surface area is 135 Å². The van der Waals surface area contributed by atoms with Crippen LogP contribution in [0.5, 0.6) is 0 Å². The number of nitrogens with one attached hydrogen (secondary N) is 2. The van der Waals surface area contributed by atoms with Gasteiger partial charge in [0.25, 0.3) is 0 Å². The molecule has 110 valence electrons. The van der Waals surface area contributed by atoms with Crippen LogP contribution in [-0.2, 0) is 9.59 Å². The van der Waals surface area contributed by atoms with Crippen LogP contribution in [0.25, 0.3) is 0 Å². The van der Waals surface area contributed by atoms with Gasteiger partial charge in [-0.25, -0.2) is 0 Å². The summed E-state index contributed by atoms with van der Waals surface area (Å²) < 4.78 is 0.900. The van der Waals surface area contributed by atoms with Crippen molar-refractivity contribution in [2.75, 3.05) is 5.32 Å². The minimum Gasteiger partial charge on any atom is -0.348 e. The zero-order valence-electron chi connectivity index (χ0n) is 11.4. The van der Waals surface area contributed by atoms with Crippen molar-refractivity contribution in [3.05, 3.63) is 51.1 Å². The van der Waals surface area contributed by atoms with Crippen molar-refractivity contribution in [2.45, 2.75) is 19.4 Å². The van der Waals surface area contributed by atoms with Crippen LogP contribution in [0.15, 0.2) is 46.3 Å². The molecule has 1 atom stereocenters. The highest BCUT2D eigenvalue weighted by molar-refractivity contribution is 9.10. The molecule has 0 saturated carbocycles. The van der Waals surface area contributed by atoms with Gasteiger partial charge in [0.15, 0.2) is 0 Å². The predicted octanol–water partition coefficient (Wildman–Crippen LogP) is 3.72. The first-order valence-electron chi connectivity index (χ1n) is 6.40. The summed E-state index contributed by atoms with van der Waals surface area (Å²) in [4.78, 5) is 24.4. The second-order valence-corrected chi connectivity index (χ2v) is 6.43. The number of anilines is 1. The minimum absolute atomic E-state index is 0.139. The molecule has 2 N–H and O–H groups in total. The van der Waals surface area contributed by atoms with E-state index in [1.54, 1.807) is 0 Å². The average Bonchev–Trinajstić information content (AvgIpc) is 2.91. The van der Waals surface area contributed by atoms with Crippen molar-refractivity contribution in [1.82, 2.24) is 5.32 Å². The van der Waals surface area contributed by atoms with Gasteiger partial charge in [0, 0.05) is 22.0 Å². The van der Waals surface area contributed by atoms with E-state index in [1.807, 2.05) is 41.8 Å². The van der Waals surface area contributed by atoms with Gasteiger partial charge in [0.2, 0.25) is 11.8 Å². The molecular weight excluding hydrogens is 352 g/mol. The molecule has 0 unspecified atom stereocenters. The standard InChI is InChI=1S/C15H15BrN2O2S/c1-10(19)17-13(14-6-3-7-21-14)9-15(20)18-12-5-2-4-11(16)8-12/h2-8,13H,9H2,1H3,(H,17,19)(H,18,20)/t13-/m0/s1. The van der Waals surface area contributed by atoms with Crippen LogP contribution in [0.1, 0.15) is 24.3 Å². The first-order valence-corrected chi connectivity index (χ1v) is 8.08. The predicted molar refractivity (Wildman–Crippen MR) is 88.3 cm³/mol. The molecule has 1 aromatic carbocycles. The summed E-state index contributed by atoms with van der Waals surface area (Å²) in [5.41, 5.74) is 0.724. The fourth-order valence-corrected chi connectivity index (χ4v) is 3.10. The van der Waals surface area contributed by atoms with Gasteiger partial charge in [-0.3, -0.25) is 9.59 Å². The zero-order chi connectivity index (χ0) is 15.2. The number of thiophene rings is 1. The molecule has 1 heterocycles. The Morgan fingerprint density at radius 1 is 1.29 bits per heavy atom. The van der Waals surface area contributed by atoms with Gasteiger partial charge >= 0.3 is 0 Å². The summed E-state index contributed by atoms with van der Waals surface area (Å²) in [7, 11) is 0. The van der Waals surface area contributed by atoms with Gasteiger partial charge in [0.05, 0.1) is 12.5 Å². The third-order valence-electron chi connectivity index (χ3n) is 2.76. The summed E-state index contributed by atoms with van der Waals surface area (Å²) in [5.74, 6) is -0.288. The van der Waals surface area contributed by atoms with Crippen LogP contribution < -0.4 is 10.6 Å². The maximum Gasteiger partial charge on any atom is 0.226 e.